The Bertz CT molecular complexity index is 985. The molecule has 0 spiro atoms. The van der Waals surface area contributed by atoms with Crippen LogP contribution in [0, 0.1) is 11.7 Å². The van der Waals surface area contributed by atoms with E-state index in [2.05, 4.69) is 10.3 Å². The summed E-state index contributed by atoms with van der Waals surface area (Å²) in [5.74, 6) is -0.560. The highest BCUT2D eigenvalue weighted by atomic mass is 19.1. The van der Waals surface area contributed by atoms with E-state index in [0.717, 1.165) is 19.4 Å². The Morgan fingerprint density at radius 2 is 2.07 bits per heavy atom. The van der Waals surface area contributed by atoms with E-state index in [1.54, 1.807) is 6.07 Å². The van der Waals surface area contributed by atoms with Crippen molar-refractivity contribution in [2.24, 2.45) is 5.92 Å². The Labute approximate surface area is 160 Å². The molecule has 0 radical (unpaired) electrons. The maximum Gasteiger partial charge on any atom is 0.256 e. The molecule has 1 amide bonds. The van der Waals surface area contributed by atoms with Crippen molar-refractivity contribution < 1.29 is 18.7 Å². The fourth-order valence-corrected chi connectivity index (χ4v) is 4.45. The predicted octanol–water partition coefficient (Wildman–Crippen LogP) is 1.41. The molecule has 1 saturated carbocycles. The number of halogens is 1. The van der Waals surface area contributed by atoms with Crippen LogP contribution in [0.5, 0.6) is 0 Å². The lowest BCUT2D eigenvalue weighted by Gasteiger charge is -2.39. The van der Waals surface area contributed by atoms with Gasteiger partial charge in [0.25, 0.3) is 5.91 Å². The number of carbonyl (C=O) groups excluding carboxylic acids is 1. The largest absolute Gasteiger partial charge is 0.378 e. The summed E-state index contributed by atoms with van der Waals surface area (Å²) in [6.45, 7) is 3.01. The first kappa shape index (κ1) is 17.6. The molecule has 3 heterocycles. The second kappa shape index (κ2) is 6.86. The Kier molecular flexibility index (Phi) is 4.32. The van der Waals surface area contributed by atoms with Crippen LogP contribution in [-0.2, 0) is 9.47 Å². The second-order valence-electron chi connectivity index (χ2n) is 7.66. The third kappa shape index (κ3) is 2.87. The van der Waals surface area contributed by atoms with Crippen LogP contribution in [0.2, 0.25) is 0 Å². The van der Waals surface area contributed by atoms with Gasteiger partial charge >= 0.3 is 0 Å². The van der Waals surface area contributed by atoms with Crippen LogP contribution < -0.4 is 15.6 Å². The van der Waals surface area contributed by atoms with Gasteiger partial charge in [0, 0.05) is 43.2 Å². The lowest BCUT2D eigenvalue weighted by molar-refractivity contribution is 0.00808. The van der Waals surface area contributed by atoms with Crippen molar-refractivity contribution >= 4 is 22.5 Å². The summed E-state index contributed by atoms with van der Waals surface area (Å²) < 4.78 is 25.5. The summed E-state index contributed by atoms with van der Waals surface area (Å²) in [5, 5.41) is 3.11. The van der Waals surface area contributed by atoms with Gasteiger partial charge in [0.05, 0.1) is 30.5 Å². The maximum atomic E-state index is 14.7. The Balaban J connectivity index is 1.42. The van der Waals surface area contributed by atoms with Gasteiger partial charge in [0.2, 0.25) is 5.43 Å². The van der Waals surface area contributed by atoms with Crippen LogP contribution in [0.4, 0.5) is 10.1 Å². The summed E-state index contributed by atoms with van der Waals surface area (Å²) in [6.07, 6.45) is 3.36. The van der Waals surface area contributed by atoms with Crippen molar-refractivity contribution in [2.45, 2.75) is 25.0 Å². The summed E-state index contributed by atoms with van der Waals surface area (Å²) >= 11 is 0. The van der Waals surface area contributed by atoms with E-state index < -0.39 is 17.2 Å². The SMILES string of the molecule is O=C(N[C@@H]1C[C@@H]2OCC[C@@H]21)c1c[nH]c2cc(N3CCOCC3)c(F)cc2c1=O. The highest BCUT2D eigenvalue weighted by Gasteiger charge is 2.45. The molecule has 2 aromatic rings. The molecule has 7 nitrogen and oxygen atoms in total. The van der Waals surface area contributed by atoms with E-state index in [0.29, 0.717) is 43.4 Å². The molecular weight excluding hydrogens is 365 g/mol. The van der Waals surface area contributed by atoms with Crippen LogP contribution >= 0.6 is 0 Å². The number of rotatable bonds is 3. The molecule has 148 valence electrons. The highest BCUT2D eigenvalue weighted by molar-refractivity contribution is 5.97. The topological polar surface area (TPSA) is 83.7 Å². The molecule has 0 bridgehead atoms. The zero-order valence-corrected chi connectivity index (χ0v) is 15.4. The molecule has 1 aromatic carbocycles. The van der Waals surface area contributed by atoms with Crippen molar-refractivity contribution in [1.29, 1.82) is 0 Å². The molecule has 5 rings (SSSR count). The van der Waals surface area contributed by atoms with Crippen LogP contribution in [0.15, 0.2) is 23.1 Å². The van der Waals surface area contributed by atoms with Crippen molar-refractivity contribution in [1.82, 2.24) is 10.3 Å². The van der Waals surface area contributed by atoms with Crippen molar-refractivity contribution in [3.63, 3.8) is 0 Å². The highest BCUT2D eigenvalue weighted by Crippen LogP contribution is 2.38. The quantitative estimate of drug-likeness (QED) is 0.832. The lowest BCUT2D eigenvalue weighted by atomic mass is 9.76. The fourth-order valence-electron chi connectivity index (χ4n) is 4.45. The number of anilines is 1. The molecule has 3 fully saturated rings. The second-order valence-corrected chi connectivity index (χ2v) is 7.66. The number of H-pyrrole nitrogens is 1. The van der Waals surface area contributed by atoms with Gasteiger partial charge in [0.1, 0.15) is 11.4 Å². The molecule has 1 aromatic heterocycles. The smallest absolute Gasteiger partial charge is 0.256 e. The van der Waals surface area contributed by atoms with Crippen LogP contribution in [0.1, 0.15) is 23.2 Å². The number of ether oxygens (including phenoxy) is 2. The number of fused-ring (bicyclic) bond motifs is 2. The number of aromatic nitrogens is 1. The van der Waals surface area contributed by atoms with Crippen LogP contribution in [0.3, 0.4) is 0 Å². The van der Waals surface area contributed by atoms with Gasteiger partial charge in [-0.25, -0.2) is 4.39 Å². The van der Waals surface area contributed by atoms with Gasteiger partial charge in [-0.05, 0) is 25.0 Å². The Morgan fingerprint density at radius 3 is 2.86 bits per heavy atom. The number of morpholine rings is 1. The minimum Gasteiger partial charge on any atom is -0.378 e. The number of benzene rings is 1. The van der Waals surface area contributed by atoms with E-state index in [1.807, 2.05) is 4.90 Å². The summed E-state index contributed by atoms with van der Waals surface area (Å²) in [4.78, 5) is 30.3. The summed E-state index contributed by atoms with van der Waals surface area (Å²) in [5.41, 5.74) is 0.494. The molecule has 3 aliphatic rings. The fraction of sp³-hybridized carbons (Fsp3) is 0.500. The van der Waals surface area contributed by atoms with Crippen molar-refractivity contribution in [3.05, 3.63) is 39.9 Å². The molecule has 0 unspecified atom stereocenters. The predicted molar refractivity (Wildman–Crippen MR) is 101 cm³/mol. The van der Waals surface area contributed by atoms with Gasteiger partial charge in [-0.3, -0.25) is 9.59 Å². The third-order valence-corrected chi connectivity index (χ3v) is 6.12. The van der Waals surface area contributed by atoms with Crippen LogP contribution in [0.25, 0.3) is 10.9 Å². The first-order valence-corrected chi connectivity index (χ1v) is 9.72. The first-order chi connectivity index (χ1) is 13.6. The monoisotopic (exact) mass is 387 g/mol. The van der Waals surface area contributed by atoms with Crippen LogP contribution in [-0.4, -0.2) is 55.9 Å². The van der Waals surface area contributed by atoms with Gasteiger partial charge in [-0.2, -0.15) is 0 Å². The average molecular weight is 387 g/mol. The molecule has 2 N–H and O–H groups in total. The Hall–Kier alpha value is -2.45. The number of aromatic amines is 1. The number of pyridine rings is 1. The standard InChI is InChI=1S/C20H22FN3O4/c21-14-7-12-15(8-17(14)24-2-5-27-6-3-24)22-10-13(19(12)25)20(26)23-16-9-18-11(16)1-4-28-18/h7-8,10-11,16,18H,1-6,9H2,(H,22,25)(H,23,26)/t11-,16-,18+/m1/s1. The zero-order chi connectivity index (χ0) is 19.3. The van der Waals surface area contributed by atoms with E-state index in [9.17, 15) is 14.0 Å². The van der Waals surface area contributed by atoms with E-state index >= 15 is 0 Å². The number of nitrogens with zero attached hydrogens (tertiary/aromatic N) is 1. The number of carbonyl (C=O) groups is 1. The molecule has 3 atom stereocenters. The summed E-state index contributed by atoms with van der Waals surface area (Å²) in [6, 6.07) is 2.89. The molecule has 8 heteroatoms. The zero-order valence-electron chi connectivity index (χ0n) is 15.4. The minimum atomic E-state index is -0.470. The average Bonchev–Trinajstić information content (AvgIpc) is 3.08. The lowest BCUT2D eigenvalue weighted by Crippen LogP contribution is -2.53. The number of nitrogens with one attached hydrogen (secondary N) is 2. The van der Waals surface area contributed by atoms with Gasteiger partial charge in [0.15, 0.2) is 0 Å². The number of hydrogen-bond donors (Lipinski definition) is 2. The molecule has 2 saturated heterocycles. The molecule has 28 heavy (non-hydrogen) atoms. The Morgan fingerprint density at radius 1 is 1.25 bits per heavy atom. The van der Waals surface area contributed by atoms with Crippen molar-refractivity contribution in [2.75, 3.05) is 37.8 Å². The molecule has 2 aliphatic heterocycles. The van der Waals surface area contributed by atoms with E-state index in [-0.39, 0.29) is 23.1 Å². The third-order valence-electron chi connectivity index (χ3n) is 6.12. The normalized spacial score (nSPS) is 26.8. The van der Waals surface area contributed by atoms with Gasteiger partial charge in [-0.15, -0.1) is 0 Å². The van der Waals surface area contributed by atoms with E-state index in [4.69, 9.17) is 9.47 Å². The number of hydrogen-bond acceptors (Lipinski definition) is 5. The molecular formula is C20H22FN3O4. The van der Waals surface area contributed by atoms with Gasteiger partial charge in [-0.1, -0.05) is 0 Å². The van der Waals surface area contributed by atoms with Crippen molar-refractivity contribution in [3.8, 4) is 0 Å². The first-order valence-electron chi connectivity index (χ1n) is 9.72. The van der Waals surface area contributed by atoms with Gasteiger partial charge < -0.3 is 24.7 Å². The van der Waals surface area contributed by atoms with E-state index in [1.165, 1.54) is 12.3 Å². The number of amides is 1. The maximum absolute atomic E-state index is 14.7. The summed E-state index contributed by atoms with van der Waals surface area (Å²) in [7, 11) is 0. The molecule has 1 aliphatic carbocycles. The minimum absolute atomic E-state index is 0.00777.